The third-order valence-corrected chi connectivity index (χ3v) is 3.03. The summed E-state index contributed by atoms with van der Waals surface area (Å²) >= 11 is 12.1. The van der Waals surface area contributed by atoms with Crippen LogP contribution in [0.3, 0.4) is 0 Å². The predicted octanol–water partition coefficient (Wildman–Crippen LogP) is 2.39. The summed E-state index contributed by atoms with van der Waals surface area (Å²) in [5, 5.41) is 6.53. The summed E-state index contributed by atoms with van der Waals surface area (Å²) in [4.78, 5) is 17.6. The molecule has 1 amide bonds. The molecule has 0 aliphatic carbocycles. The summed E-state index contributed by atoms with van der Waals surface area (Å²) in [6.07, 6.45) is 0.902. The van der Waals surface area contributed by atoms with Crippen LogP contribution in [0, 0.1) is 0 Å². The van der Waals surface area contributed by atoms with Crippen molar-refractivity contribution in [2.45, 2.75) is 13.3 Å². The molecule has 1 aromatic heterocycles. The number of amides is 1. The van der Waals surface area contributed by atoms with Gasteiger partial charge in [0.25, 0.3) is 0 Å². The van der Waals surface area contributed by atoms with Gasteiger partial charge in [0.1, 0.15) is 11.6 Å². The van der Waals surface area contributed by atoms with E-state index in [0.29, 0.717) is 28.2 Å². The van der Waals surface area contributed by atoms with Gasteiger partial charge in [-0.1, -0.05) is 30.1 Å². The van der Waals surface area contributed by atoms with Gasteiger partial charge < -0.3 is 15.5 Å². The zero-order chi connectivity index (χ0) is 14.4. The van der Waals surface area contributed by atoms with E-state index in [4.69, 9.17) is 23.2 Å². The minimum Gasteiger partial charge on any atom is -0.372 e. The fourth-order valence-electron chi connectivity index (χ4n) is 1.51. The van der Waals surface area contributed by atoms with Crippen LogP contribution in [0.4, 0.5) is 11.6 Å². The van der Waals surface area contributed by atoms with Crippen LogP contribution in [0.25, 0.3) is 0 Å². The van der Waals surface area contributed by atoms with Crippen LogP contribution in [-0.2, 0) is 4.79 Å². The van der Waals surface area contributed by atoms with Gasteiger partial charge in [0.15, 0.2) is 0 Å². The van der Waals surface area contributed by atoms with Crippen LogP contribution in [-0.4, -0.2) is 38.1 Å². The first-order valence-electron chi connectivity index (χ1n) is 6.01. The fourth-order valence-corrected chi connectivity index (χ4v) is 2.11. The fraction of sp³-hybridized carbons (Fsp3) is 0.500. The van der Waals surface area contributed by atoms with Crippen molar-refractivity contribution < 1.29 is 4.79 Å². The third-order valence-electron chi connectivity index (χ3n) is 2.46. The van der Waals surface area contributed by atoms with Gasteiger partial charge in [0.05, 0.1) is 16.6 Å². The minimum atomic E-state index is -0.0665. The summed E-state index contributed by atoms with van der Waals surface area (Å²) in [7, 11) is 3.48. The lowest BCUT2D eigenvalue weighted by molar-refractivity contribution is -0.119. The Labute approximate surface area is 123 Å². The predicted molar refractivity (Wildman–Crippen MR) is 80.4 cm³/mol. The number of carbonyl (C=O) groups excluding carboxylic acids is 1. The number of aromatic nitrogens is 1. The molecule has 0 fully saturated rings. The van der Waals surface area contributed by atoms with E-state index in [1.807, 2.05) is 6.92 Å². The van der Waals surface area contributed by atoms with Crippen LogP contribution >= 0.6 is 23.2 Å². The highest BCUT2D eigenvalue weighted by Gasteiger charge is 2.14. The summed E-state index contributed by atoms with van der Waals surface area (Å²) in [6.45, 7) is 2.86. The van der Waals surface area contributed by atoms with Crippen LogP contribution in [0.5, 0.6) is 0 Å². The van der Waals surface area contributed by atoms with Gasteiger partial charge in [0.2, 0.25) is 5.91 Å². The lowest BCUT2D eigenvalue weighted by atomic mass is 10.4. The number of hydrogen-bond donors (Lipinski definition) is 2. The molecule has 0 atom stereocenters. The number of hydrogen-bond acceptors (Lipinski definition) is 4. The molecule has 0 spiro atoms. The van der Waals surface area contributed by atoms with Crippen molar-refractivity contribution in [1.29, 1.82) is 0 Å². The standard InChI is InChI=1S/C12H18Cl2N4O/c1-4-5-16-10(19)7-18(3)12-9(14)6-8(13)11(15-2)17-12/h6H,4-5,7H2,1-3H3,(H,15,17)(H,16,19). The highest BCUT2D eigenvalue weighted by molar-refractivity contribution is 6.37. The number of pyridine rings is 1. The Balaban J connectivity index is 2.81. The number of likely N-dealkylation sites (N-methyl/N-ethyl adjacent to an activating group) is 1. The summed E-state index contributed by atoms with van der Waals surface area (Å²) in [5.74, 6) is 0.979. The molecular formula is C12H18Cl2N4O. The Bertz CT molecular complexity index is 454. The molecule has 2 N–H and O–H groups in total. The molecular weight excluding hydrogens is 287 g/mol. The summed E-state index contributed by atoms with van der Waals surface area (Å²) in [5.41, 5.74) is 0. The molecule has 1 rings (SSSR count). The first kappa shape index (κ1) is 15.9. The molecule has 0 bridgehead atoms. The van der Waals surface area contributed by atoms with E-state index in [0.717, 1.165) is 6.42 Å². The van der Waals surface area contributed by atoms with E-state index in [1.165, 1.54) is 0 Å². The average molecular weight is 305 g/mol. The molecule has 106 valence electrons. The van der Waals surface area contributed by atoms with Gasteiger partial charge in [-0.2, -0.15) is 0 Å². The van der Waals surface area contributed by atoms with Crippen molar-refractivity contribution in [1.82, 2.24) is 10.3 Å². The normalized spacial score (nSPS) is 10.2. The van der Waals surface area contributed by atoms with Gasteiger partial charge in [-0.15, -0.1) is 0 Å². The summed E-state index contributed by atoms with van der Waals surface area (Å²) < 4.78 is 0. The maximum Gasteiger partial charge on any atom is 0.239 e. The molecule has 0 aliphatic heterocycles. The highest BCUT2D eigenvalue weighted by atomic mass is 35.5. The van der Waals surface area contributed by atoms with E-state index in [2.05, 4.69) is 15.6 Å². The Morgan fingerprint density at radius 3 is 2.68 bits per heavy atom. The van der Waals surface area contributed by atoms with Gasteiger partial charge in [0, 0.05) is 20.6 Å². The van der Waals surface area contributed by atoms with Crippen LogP contribution in [0.2, 0.25) is 10.0 Å². The minimum absolute atomic E-state index is 0.0665. The Kier molecular flexibility index (Phi) is 6.18. The van der Waals surface area contributed by atoms with Gasteiger partial charge in [-0.3, -0.25) is 4.79 Å². The van der Waals surface area contributed by atoms with Gasteiger partial charge >= 0.3 is 0 Å². The number of nitrogens with one attached hydrogen (secondary N) is 2. The van der Waals surface area contributed by atoms with Crippen molar-refractivity contribution in [2.24, 2.45) is 0 Å². The maximum absolute atomic E-state index is 11.7. The molecule has 0 saturated carbocycles. The highest BCUT2D eigenvalue weighted by Crippen LogP contribution is 2.30. The molecule has 0 aromatic carbocycles. The van der Waals surface area contributed by atoms with E-state index in [1.54, 1.807) is 25.1 Å². The quantitative estimate of drug-likeness (QED) is 0.847. The number of nitrogens with zero attached hydrogens (tertiary/aromatic N) is 2. The van der Waals surface area contributed by atoms with Crippen LogP contribution in [0.15, 0.2) is 6.07 Å². The molecule has 19 heavy (non-hydrogen) atoms. The second-order valence-electron chi connectivity index (χ2n) is 4.08. The topological polar surface area (TPSA) is 57.3 Å². The van der Waals surface area contributed by atoms with E-state index in [-0.39, 0.29) is 12.5 Å². The second kappa shape index (κ2) is 7.40. The Hall–Kier alpha value is -1.20. The lowest BCUT2D eigenvalue weighted by Gasteiger charge is -2.20. The van der Waals surface area contributed by atoms with Crippen molar-refractivity contribution in [3.8, 4) is 0 Å². The number of rotatable bonds is 6. The molecule has 5 nitrogen and oxygen atoms in total. The zero-order valence-corrected chi connectivity index (χ0v) is 12.8. The monoisotopic (exact) mass is 304 g/mol. The molecule has 0 radical (unpaired) electrons. The Morgan fingerprint density at radius 1 is 1.42 bits per heavy atom. The van der Waals surface area contributed by atoms with Crippen molar-refractivity contribution in [2.75, 3.05) is 37.4 Å². The molecule has 0 aliphatic rings. The third kappa shape index (κ3) is 4.44. The van der Waals surface area contributed by atoms with Crippen molar-refractivity contribution >= 4 is 40.7 Å². The molecule has 0 saturated heterocycles. The van der Waals surface area contributed by atoms with Crippen LogP contribution in [0.1, 0.15) is 13.3 Å². The van der Waals surface area contributed by atoms with E-state index < -0.39 is 0 Å². The average Bonchev–Trinajstić information content (AvgIpc) is 2.36. The largest absolute Gasteiger partial charge is 0.372 e. The molecule has 7 heteroatoms. The lowest BCUT2D eigenvalue weighted by Crippen LogP contribution is -2.36. The van der Waals surface area contributed by atoms with E-state index in [9.17, 15) is 4.79 Å². The number of halogens is 2. The number of carbonyl (C=O) groups is 1. The van der Waals surface area contributed by atoms with Gasteiger partial charge in [-0.25, -0.2) is 4.98 Å². The molecule has 1 heterocycles. The SMILES string of the molecule is CCCNC(=O)CN(C)c1nc(NC)c(Cl)cc1Cl. The van der Waals surface area contributed by atoms with Gasteiger partial charge in [-0.05, 0) is 12.5 Å². The molecule has 1 aromatic rings. The van der Waals surface area contributed by atoms with Crippen LogP contribution < -0.4 is 15.5 Å². The van der Waals surface area contributed by atoms with E-state index >= 15 is 0 Å². The Morgan fingerprint density at radius 2 is 2.11 bits per heavy atom. The number of anilines is 2. The maximum atomic E-state index is 11.7. The van der Waals surface area contributed by atoms with Crippen molar-refractivity contribution in [3.05, 3.63) is 16.1 Å². The first-order valence-corrected chi connectivity index (χ1v) is 6.76. The molecule has 0 unspecified atom stereocenters. The second-order valence-corrected chi connectivity index (χ2v) is 4.89. The summed E-state index contributed by atoms with van der Waals surface area (Å²) in [6, 6.07) is 1.61. The first-order chi connectivity index (χ1) is 8.99. The zero-order valence-electron chi connectivity index (χ0n) is 11.3. The smallest absolute Gasteiger partial charge is 0.239 e. The van der Waals surface area contributed by atoms with Crippen molar-refractivity contribution in [3.63, 3.8) is 0 Å².